The number of anilines is 1. The van der Waals surface area contributed by atoms with Crippen molar-refractivity contribution >= 4 is 37.2 Å². The molecule has 1 aromatic carbocycles. The highest BCUT2D eigenvalue weighted by Gasteiger charge is 2.40. The second-order valence-electron chi connectivity index (χ2n) is 5.82. The van der Waals surface area contributed by atoms with Crippen LogP contribution in [0.3, 0.4) is 0 Å². The summed E-state index contributed by atoms with van der Waals surface area (Å²) in [6.07, 6.45) is 1.89. The second kappa shape index (κ2) is 7.33. The fraction of sp³-hybridized carbons (Fsp3) is 0.467. The Bertz CT molecular complexity index is 886. The lowest BCUT2D eigenvalue weighted by Crippen LogP contribution is -2.46. The largest absolute Gasteiger partial charge is 0.464 e. The van der Waals surface area contributed by atoms with E-state index in [1.165, 1.54) is 25.3 Å². The lowest BCUT2D eigenvalue weighted by molar-refractivity contribution is -0.140. The van der Waals surface area contributed by atoms with Gasteiger partial charge >= 0.3 is 5.97 Å². The molecule has 1 heterocycles. The Balaban J connectivity index is 2.85. The third-order valence-electron chi connectivity index (χ3n) is 3.76. The zero-order valence-electron chi connectivity index (χ0n) is 14.5. The highest BCUT2D eigenvalue weighted by atomic mass is 32.2. The normalized spacial score (nSPS) is 17.8. The minimum absolute atomic E-state index is 0.0372. The van der Waals surface area contributed by atoms with Crippen molar-refractivity contribution in [2.45, 2.75) is 22.3 Å². The zero-order chi connectivity index (χ0) is 19.7. The summed E-state index contributed by atoms with van der Waals surface area (Å²) in [5.41, 5.74) is -0.358. The van der Waals surface area contributed by atoms with Crippen LogP contribution in [0.15, 0.2) is 28.0 Å². The number of cyclic esters (lactones) is 1. The molecule has 1 atom stereocenters. The molecule has 1 amide bonds. The Morgan fingerprint density at radius 2 is 1.73 bits per heavy atom. The van der Waals surface area contributed by atoms with Gasteiger partial charge in [0.05, 0.1) is 22.1 Å². The molecule has 2 rings (SSSR count). The van der Waals surface area contributed by atoms with Crippen molar-refractivity contribution in [1.82, 2.24) is 0 Å². The van der Waals surface area contributed by atoms with Crippen LogP contribution >= 0.6 is 0 Å². The van der Waals surface area contributed by atoms with Gasteiger partial charge in [-0.05, 0) is 12.1 Å². The number of hydrogen-bond donors (Lipinski definition) is 0. The number of esters is 1. The van der Waals surface area contributed by atoms with Crippen LogP contribution in [0.5, 0.6) is 0 Å². The predicted molar refractivity (Wildman–Crippen MR) is 91.4 cm³/mol. The van der Waals surface area contributed by atoms with Crippen LogP contribution in [0.1, 0.15) is 6.42 Å². The molecule has 0 radical (unpaired) electrons. The third-order valence-corrected chi connectivity index (χ3v) is 6.01. The van der Waals surface area contributed by atoms with Gasteiger partial charge < -0.3 is 9.47 Å². The molecule has 0 saturated carbocycles. The molecular formula is C15H19NO8S2. The van der Waals surface area contributed by atoms with E-state index < -0.39 is 44.2 Å². The average molecular weight is 405 g/mol. The summed E-state index contributed by atoms with van der Waals surface area (Å²) in [6, 6.07) is 2.50. The summed E-state index contributed by atoms with van der Waals surface area (Å²) in [5, 5.41) is 0. The third kappa shape index (κ3) is 4.05. The number of benzene rings is 1. The number of carbonyl (C=O) groups excluding carboxylic acids is 2. The summed E-state index contributed by atoms with van der Waals surface area (Å²) < 4.78 is 58.6. The minimum Gasteiger partial charge on any atom is -0.464 e. The van der Waals surface area contributed by atoms with Gasteiger partial charge in [0, 0.05) is 26.0 Å². The van der Waals surface area contributed by atoms with Gasteiger partial charge in [0.2, 0.25) is 0 Å². The molecule has 9 nitrogen and oxygen atoms in total. The highest BCUT2D eigenvalue weighted by Crippen LogP contribution is 2.36. The molecule has 1 aliphatic heterocycles. The number of sulfone groups is 2. The van der Waals surface area contributed by atoms with Crippen molar-refractivity contribution in [3.8, 4) is 0 Å². The maximum Gasteiger partial charge on any atom is 0.329 e. The van der Waals surface area contributed by atoms with Gasteiger partial charge in [0.15, 0.2) is 19.7 Å². The predicted octanol–water partition coefficient (Wildman–Crippen LogP) is -0.211. The molecule has 26 heavy (non-hydrogen) atoms. The lowest BCUT2D eigenvalue weighted by Gasteiger charge is -2.29. The van der Waals surface area contributed by atoms with Gasteiger partial charge in [0.1, 0.15) is 12.6 Å². The van der Waals surface area contributed by atoms with Crippen LogP contribution < -0.4 is 4.90 Å². The number of methoxy groups -OCH3 is 1. The molecule has 0 bridgehead atoms. The van der Waals surface area contributed by atoms with Gasteiger partial charge in [0.25, 0.3) is 5.91 Å². The molecule has 11 heteroatoms. The van der Waals surface area contributed by atoms with Crippen LogP contribution in [0.4, 0.5) is 5.69 Å². The molecule has 1 aromatic rings. The van der Waals surface area contributed by atoms with E-state index in [4.69, 9.17) is 9.47 Å². The number of hydrogen-bond acceptors (Lipinski definition) is 8. The lowest BCUT2D eigenvalue weighted by atomic mass is 10.1. The fourth-order valence-corrected chi connectivity index (χ4v) is 4.54. The van der Waals surface area contributed by atoms with Crippen molar-refractivity contribution in [2.24, 2.45) is 0 Å². The van der Waals surface area contributed by atoms with Gasteiger partial charge in [-0.15, -0.1) is 0 Å². The first-order valence-corrected chi connectivity index (χ1v) is 11.3. The molecule has 0 spiro atoms. The number of nitrogens with zero attached hydrogens (tertiary/aromatic N) is 1. The summed E-state index contributed by atoms with van der Waals surface area (Å²) in [5.74, 6) is -1.49. The first-order chi connectivity index (χ1) is 12.0. The van der Waals surface area contributed by atoms with Gasteiger partial charge in [-0.2, -0.15) is 0 Å². The van der Waals surface area contributed by atoms with E-state index in [1.807, 2.05) is 0 Å². The molecule has 0 aromatic heterocycles. The van der Waals surface area contributed by atoms with E-state index in [-0.39, 0.29) is 28.5 Å². The van der Waals surface area contributed by atoms with Crippen molar-refractivity contribution in [1.29, 1.82) is 0 Å². The molecule has 0 N–H and O–H groups in total. The second-order valence-corrected chi connectivity index (χ2v) is 9.78. The van der Waals surface area contributed by atoms with Crippen molar-refractivity contribution in [3.05, 3.63) is 18.2 Å². The topological polar surface area (TPSA) is 124 Å². The Morgan fingerprint density at radius 3 is 2.12 bits per heavy atom. The van der Waals surface area contributed by atoms with Gasteiger partial charge in [-0.1, -0.05) is 6.07 Å². The van der Waals surface area contributed by atoms with E-state index in [2.05, 4.69) is 0 Å². The Morgan fingerprint density at radius 1 is 1.19 bits per heavy atom. The van der Waals surface area contributed by atoms with Crippen molar-refractivity contribution in [3.63, 3.8) is 0 Å². The van der Waals surface area contributed by atoms with Crippen molar-refractivity contribution < 1.29 is 35.9 Å². The maximum atomic E-state index is 12.6. The summed E-state index contributed by atoms with van der Waals surface area (Å²) >= 11 is 0. The zero-order valence-corrected chi connectivity index (χ0v) is 16.1. The van der Waals surface area contributed by atoms with E-state index in [9.17, 15) is 26.4 Å². The Hall–Kier alpha value is -1.98. The van der Waals surface area contributed by atoms with Gasteiger partial charge in [-0.25, -0.2) is 21.6 Å². The van der Waals surface area contributed by atoms with E-state index in [0.717, 1.165) is 17.4 Å². The van der Waals surface area contributed by atoms with Crippen LogP contribution in [0.25, 0.3) is 0 Å². The molecule has 144 valence electrons. The summed E-state index contributed by atoms with van der Waals surface area (Å²) in [6.45, 7) is -0.430. The molecule has 1 saturated heterocycles. The first kappa shape index (κ1) is 20.3. The fourth-order valence-electron chi connectivity index (χ4n) is 2.71. The molecule has 1 fully saturated rings. The number of rotatable bonds is 6. The minimum atomic E-state index is -3.91. The smallest absolute Gasteiger partial charge is 0.329 e. The maximum absolute atomic E-state index is 12.6. The van der Waals surface area contributed by atoms with Crippen molar-refractivity contribution in [2.75, 3.05) is 37.7 Å². The number of ether oxygens (including phenoxy) is 2. The first-order valence-electron chi connectivity index (χ1n) is 7.49. The van der Waals surface area contributed by atoms with E-state index in [0.29, 0.717) is 0 Å². The molecular weight excluding hydrogens is 386 g/mol. The average Bonchev–Trinajstić information content (AvgIpc) is 2.92. The van der Waals surface area contributed by atoms with Crippen LogP contribution in [0, 0.1) is 0 Å². The Labute approximate surface area is 151 Å². The highest BCUT2D eigenvalue weighted by molar-refractivity contribution is 7.91. The van der Waals surface area contributed by atoms with Crippen LogP contribution in [0.2, 0.25) is 0 Å². The standard InChI is InChI=1S/C15H19NO8S2/c1-23-9-13(17)16(10-7-8-24-15(10)18)14-11(25(2,19)20)5-4-6-12(14)26(3,21)22/h4-6,10H,7-9H2,1-3H3. The Kier molecular flexibility index (Phi) is 5.73. The van der Waals surface area contributed by atoms with E-state index >= 15 is 0 Å². The number of para-hydroxylation sites is 1. The SMILES string of the molecule is COCC(=O)N(c1c(S(C)(=O)=O)cccc1S(C)(=O)=O)C1CCOC1=O. The monoisotopic (exact) mass is 405 g/mol. The van der Waals surface area contributed by atoms with E-state index in [1.54, 1.807) is 0 Å². The molecule has 1 aliphatic rings. The van der Waals surface area contributed by atoms with Crippen LogP contribution in [-0.4, -0.2) is 67.6 Å². The summed E-state index contributed by atoms with van der Waals surface area (Å²) in [7, 11) is -6.56. The number of carbonyl (C=O) groups is 2. The number of amides is 1. The molecule has 1 unspecified atom stereocenters. The quantitative estimate of drug-likeness (QED) is 0.596. The van der Waals surface area contributed by atoms with Crippen LogP contribution in [-0.2, 0) is 38.7 Å². The molecule has 0 aliphatic carbocycles. The van der Waals surface area contributed by atoms with Gasteiger partial charge in [-0.3, -0.25) is 9.69 Å². The summed E-state index contributed by atoms with van der Waals surface area (Å²) in [4.78, 5) is 24.8.